The second kappa shape index (κ2) is 6.19. The highest BCUT2D eigenvalue weighted by atomic mass is 32.2. The second-order valence-electron chi connectivity index (χ2n) is 4.72. The Morgan fingerprint density at radius 3 is 2.87 bits per heavy atom. The van der Waals surface area contributed by atoms with Gasteiger partial charge in [-0.3, -0.25) is 0 Å². The lowest BCUT2D eigenvalue weighted by Crippen LogP contribution is -2.23. The van der Waals surface area contributed by atoms with E-state index in [9.17, 15) is 12.8 Å². The summed E-state index contributed by atoms with van der Waals surface area (Å²) in [4.78, 5) is 4.94. The Balaban J connectivity index is 1.73. The van der Waals surface area contributed by atoms with E-state index in [1.54, 1.807) is 0 Å². The van der Waals surface area contributed by atoms with Crippen molar-refractivity contribution in [1.82, 2.24) is 14.9 Å². The third-order valence-electron chi connectivity index (χ3n) is 3.06. The molecule has 2 aromatic heterocycles. The molecule has 0 saturated heterocycles. The molecule has 0 unspecified atom stereocenters. The summed E-state index contributed by atoms with van der Waals surface area (Å²) in [5, 5.41) is 5.68. The van der Waals surface area contributed by atoms with E-state index in [1.165, 1.54) is 30.4 Å². The zero-order valence-electron chi connectivity index (χ0n) is 12.0. The minimum atomic E-state index is -3.78. The highest BCUT2D eigenvalue weighted by molar-refractivity contribution is 7.89. The van der Waals surface area contributed by atoms with Crippen molar-refractivity contribution in [3.8, 4) is 10.7 Å². The number of thiophene rings is 1. The Morgan fingerprint density at radius 1 is 1.35 bits per heavy atom. The first-order valence-electron chi connectivity index (χ1n) is 6.58. The molecule has 3 rings (SSSR count). The van der Waals surface area contributed by atoms with Gasteiger partial charge in [-0.1, -0.05) is 11.2 Å². The van der Waals surface area contributed by atoms with Crippen molar-refractivity contribution in [2.75, 3.05) is 0 Å². The molecule has 0 aliphatic heterocycles. The number of aryl methyl sites for hydroxylation is 1. The fourth-order valence-electron chi connectivity index (χ4n) is 1.86. The van der Waals surface area contributed by atoms with Crippen molar-refractivity contribution in [3.05, 3.63) is 53.0 Å². The van der Waals surface area contributed by atoms with E-state index in [0.29, 0.717) is 5.82 Å². The van der Waals surface area contributed by atoms with Crippen LogP contribution in [0.15, 0.2) is 45.1 Å². The first-order valence-corrected chi connectivity index (χ1v) is 8.94. The first kappa shape index (κ1) is 15.8. The van der Waals surface area contributed by atoms with Gasteiger partial charge in [0.25, 0.3) is 0 Å². The van der Waals surface area contributed by atoms with Crippen LogP contribution < -0.4 is 4.72 Å². The average Bonchev–Trinajstić information content (AvgIpc) is 3.18. The molecular weight excluding hydrogens is 341 g/mol. The third-order valence-corrected chi connectivity index (χ3v) is 5.33. The van der Waals surface area contributed by atoms with Gasteiger partial charge in [0.2, 0.25) is 21.7 Å². The number of aromatic nitrogens is 2. The number of rotatable bonds is 5. The summed E-state index contributed by atoms with van der Waals surface area (Å²) in [5.41, 5.74) is 0.255. The van der Waals surface area contributed by atoms with Gasteiger partial charge in [0.15, 0.2) is 0 Å². The first-order chi connectivity index (χ1) is 11.0. The maximum atomic E-state index is 13.2. The lowest BCUT2D eigenvalue weighted by atomic mass is 10.2. The molecule has 0 saturated carbocycles. The molecule has 0 bridgehead atoms. The van der Waals surface area contributed by atoms with Gasteiger partial charge in [-0.15, -0.1) is 11.3 Å². The third kappa shape index (κ3) is 3.46. The van der Waals surface area contributed by atoms with Crippen LogP contribution in [0.5, 0.6) is 0 Å². The van der Waals surface area contributed by atoms with Crippen LogP contribution in [-0.4, -0.2) is 18.6 Å². The monoisotopic (exact) mass is 353 g/mol. The minimum Gasteiger partial charge on any atom is -0.337 e. The number of hydrogen-bond acceptors (Lipinski definition) is 6. The molecule has 1 N–H and O–H groups in total. The number of sulfonamides is 1. The van der Waals surface area contributed by atoms with Crippen LogP contribution in [0.3, 0.4) is 0 Å². The SMILES string of the molecule is Cc1cc(S(=O)(=O)NCc2nc(-c3cccs3)no2)ccc1F. The van der Waals surface area contributed by atoms with Gasteiger partial charge in [0.05, 0.1) is 16.3 Å². The summed E-state index contributed by atoms with van der Waals surface area (Å²) < 4.78 is 45.0. The van der Waals surface area contributed by atoms with E-state index in [0.717, 1.165) is 10.9 Å². The minimum absolute atomic E-state index is 0.0191. The number of benzene rings is 1. The molecule has 0 atom stereocenters. The summed E-state index contributed by atoms with van der Waals surface area (Å²) in [7, 11) is -3.78. The Morgan fingerprint density at radius 2 is 2.17 bits per heavy atom. The molecule has 0 fully saturated rings. The van der Waals surface area contributed by atoms with Crippen LogP contribution in [-0.2, 0) is 16.6 Å². The van der Waals surface area contributed by atoms with E-state index in [1.807, 2.05) is 17.5 Å². The molecule has 0 radical (unpaired) electrons. The zero-order chi connectivity index (χ0) is 16.4. The fraction of sp³-hybridized carbons (Fsp3) is 0.143. The fourth-order valence-corrected chi connectivity index (χ4v) is 3.57. The standard InChI is InChI=1S/C14H12FN3O3S2/c1-9-7-10(4-5-11(9)15)23(19,20)16-8-13-17-14(18-21-13)12-3-2-6-22-12/h2-7,16H,8H2,1H3. The lowest BCUT2D eigenvalue weighted by Gasteiger charge is -2.05. The predicted octanol–water partition coefficient (Wildman–Crippen LogP) is 2.72. The summed E-state index contributed by atoms with van der Waals surface area (Å²) in [6.07, 6.45) is 0. The van der Waals surface area contributed by atoms with E-state index in [2.05, 4.69) is 14.9 Å². The molecular formula is C14H12FN3O3S2. The van der Waals surface area contributed by atoms with E-state index in [-0.39, 0.29) is 22.9 Å². The molecule has 0 spiro atoms. The van der Waals surface area contributed by atoms with Crippen molar-refractivity contribution in [2.45, 2.75) is 18.4 Å². The Labute approximate surface area is 136 Å². The second-order valence-corrected chi connectivity index (χ2v) is 7.44. The van der Waals surface area contributed by atoms with Crippen LogP contribution >= 0.6 is 11.3 Å². The highest BCUT2D eigenvalue weighted by Gasteiger charge is 2.17. The number of hydrogen-bond donors (Lipinski definition) is 1. The maximum absolute atomic E-state index is 13.2. The Kier molecular flexibility index (Phi) is 4.24. The van der Waals surface area contributed by atoms with Gasteiger partial charge in [-0.2, -0.15) is 4.98 Å². The van der Waals surface area contributed by atoms with Gasteiger partial charge in [-0.05, 0) is 42.1 Å². The Bertz CT molecular complexity index is 921. The van der Waals surface area contributed by atoms with Gasteiger partial charge >= 0.3 is 0 Å². The van der Waals surface area contributed by atoms with Crippen LogP contribution in [0.1, 0.15) is 11.5 Å². The molecule has 0 aliphatic rings. The molecule has 1 aromatic carbocycles. The highest BCUT2D eigenvalue weighted by Crippen LogP contribution is 2.21. The number of nitrogens with one attached hydrogen (secondary N) is 1. The summed E-state index contributed by atoms with van der Waals surface area (Å²) in [6.45, 7) is 1.36. The van der Waals surface area contributed by atoms with Crippen molar-refractivity contribution in [2.24, 2.45) is 0 Å². The number of nitrogens with zero attached hydrogens (tertiary/aromatic N) is 2. The van der Waals surface area contributed by atoms with Crippen LogP contribution in [0.4, 0.5) is 4.39 Å². The van der Waals surface area contributed by atoms with E-state index < -0.39 is 15.8 Å². The average molecular weight is 353 g/mol. The molecule has 2 heterocycles. The summed E-state index contributed by atoms with van der Waals surface area (Å²) in [6, 6.07) is 7.28. The quantitative estimate of drug-likeness (QED) is 0.762. The lowest BCUT2D eigenvalue weighted by molar-refractivity contribution is 0.376. The van der Waals surface area contributed by atoms with Crippen LogP contribution in [0.2, 0.25) is 0 Å². The largest absolute Gasteiger partial charge is 0.337 e. The van der Waals surface area contributed by atoms with E-state index >= 15 is 0 Å². The normalized spacial score (nSPS) is 11.7. The van der Waals surface area contributed by atoms with Gasteiger partial charge in [0.1, 0.15) is 5.82 Å². The molecule has 6 nitrogen and oxygen atoms in total. The van der Waals surface area contributed by atoms with Crippen LogP contribution in [0, 0.1) is 12.7 Å². The Hall–Kier alpha value is -2.10. The molecule has 120 valence electrons. The molecule has 0 aliphatic carbocycles. The maximum Gasteiger partial charge on any atom is 0.242 e. The van der Waals surface area contributed by atoms with Crippen LogP contribution in [0.25, 0.3) is 10.7 Å². The summed E-state index contributed by atoms with van der Waals surface area (Å²) in [5.74, 6) is 0.101. The molecule has 0 amide bonds. The van der Waals surface area contributed by atoms with Crippen molar-refractivity contribution in [3.63, 3.8) is 0 Å². The molecule has 23 heavy (non-hydrogen) atoms. The van der Waals surface area contributed by atoms with Gasteiger partial charge in [-0.25, -0.2) is 17.5 Å². The summed E-state index contributed by atoms with van der Waals surface area (Å²) >= 11 is 1.45. The van der Waals surface area contributed by atoms with Gasteiger partial charge in [0, 0.05) is 0 Å². The number of halogens is 1. The van der Waals surface area contributed by atoms with Crippen molar-refractivity contribution < 1.29 is 17.3 Å². The van der Waals surface area contributed by atoms with Gasteiger partial charge < -0.3 is 4.52 Å². The molecule has 3 aromatic rings. The van der Waals surface area contributed by atoms with Crippen molar-refractivity contribution in [1.29, 1.82) is 0 Å². The van der Waals surface area contributed by atoms with Crippen molar-refractivity contribution >= 4 is 21.4 Å². The zero-order valence-corrected chi connectivity index (χ0v) is 13.6. The van der Waals surface area contributed by atoms with E-state index in [4.69, 9.17) is 4.52 Å². The smallest absolute Gasteiger partial charge is 0.242 e. The molecule has 9 heteroatoms. The predicted molar refractivity (Wildman–Crippen MR) is 82.8 cm³/mol. The topological polar surface area (TPSA) is 85.1 Å².